The van der Waals surface area contributed by atoms with Crippen LogP contribution in [-0.2, 0) is 4.74 Å². The van der Waals surface area contributed by atoms with Gasteiger partial charge in [0.1, 0.15) is 5.60 Å². The maximum Gasteiger partial charge on any atom is 0.407 e. The lowest BCUT2D eigenvalue weighted by Gasteiger charge is -2.24. The summed E-state index contributed by atoms with van der Waals surface area (Å²) in [4.78, 5) is 11.8. The zero-order chi connectivity index (χ0) is 20.5. The fourth-order valence-electron chi connectivity index (χ4n) is 3.25. The second kappa shape index (κ2) is 16.2. The van der Waals surface area contributed by atoms with Crippen LogP contribution in [0.4, 0.5) is 4.79 Å². The number of carbonyl (C=O) groups excluding carboxylic acids is 1. The van der Waals surface area contributed by atoms with Crippen molar-refractivity contribution < 1.29 is 9.53 Å². The summed E-state index contributed by atoms with van der Waals surface area (Å²) in [7, 11) is 0. The van der Waals surface area contributed by atoms with E-state index < -0.39 is 5.60 Å². The number of amides is 1. The van der Waals surface area contributed by atoms with Crippen LogP contribution >= 0.6 is 0 Å². The number of hydrogen-bond donors (Lipinski definition) is 2. The first-order chi connectivity index (χ1) is 12.8. The summed E-state index contributed by atoms with van der Waals surface area (Å²) in [5.41, 5.74) is 5.73. The Morgan fingerprint density at radius 1 is 0.852 bits per heavy atom. The van der Waals surface area contributed by atoms with Crippen molar-refractivity contribution in [2.24, 2.45) is 5.73 Å². The molecular weight excluding hydrogens is 336 g/mol. The van der Waals surface area contributed by atoms with Gasteiger partial charge < -0.3 is 15.8 Å². The summed E-state index contributed by atoms with van der Waals surface area (Å²) >= 11 is 0. The summed E-state index contributed by atoms with van der Waals surface area (Å²) in [6, 6.07) is -0.0672. The van der Waals surface area contributed by atoms with Crippen molar-refractivity contribution in [1.29, 1.82) is 0 Å². The van der Waals surface area contributed by atoms with E-state index in [9.17, 15) is 4.79 Å². The summed E-state index contributed by atoms with van der Waals surface area (Å²) in [5, 5.41) is 2.85. The van der Waals surface area contributed by atoms with E-state index in [1.165, 1.54) is 77.0 Å². The molecule has 0 aromatic carbocycles. The van der Waals surface area contributed by atoms with Crippen LogP contribution in [-0.4, -0.2) is 23.8 Å². The minimum atomic E-state index is -0.469. The number of unbranched alkanes of at least 4 members (excludes halogenated alkanes) is 12. The van der Waals surface area contributed by atoms with Crippen molar-refractivity contribution in [3.63, 3.8) is 0 Å². The molecule has 162 valence electrons. The van der Waals surface area contributed by atoms with Crippen molar-refractivity contribution in [3.05, 3.63) is 0 Å². The van der Waals surface area contributed by atoms with Crippen molar-refractivity contribution in [2.45, 2.75) is 142 Å². The lowest BCUT2D eigenvalue weighted by Crippen LogP contribution is -2.47. The molecule has 0 spiro atoms. The van der Waals surface area contributed by atoms with Crippen LogP contribution in [0.1, 0.15) is 125 Å². The Bertz CT molecular complexity index is 353. The Hall–Kier alpha value is -0.770. The number of carbonyl (C=O) groups is 1. The molecule has 0 aliphatic carbocycles. The van der Waals surface area contributed by atoms with Gasteiger partial charge in [0.15, 0.2) is 0 Å². The number of nitrogens with one attached hydrogen (secondary N) is 1. The Morgan fingerprint density at radius 3 is 1.67 bits per heavy atom. The summed E-state index contributed by atoms with van der Waals surface area (Å²) in [5.74, 6) is 0. The van der Waals surface area contributed by atoms with E-state index in [-0.39, 0.29) is 18.2 Å². The van der Waals surface area contributed by atoms with Gasteiger partial charge in [-0.05, 0) is 34.1 Å². The quantitative estimate of drug-likeness (QED) is 0.291. The van der Waals surface area contributed by atoms with Gasteiger partial charge in [-0.3, -0.25) is 0 Å². The largest absolute Gasteiger partial charge is 0.444 e. The van der Waals surface area contributed by atoms with Gasteiger partial charge in [-0.15, -0.1) is 0 Å². The highest BCUT2D eigenvalue weighted by molar-refractivity contribution is 5.68. The number of hydrogen-bond acceptors (Lipinski definition) is 3. The molecule has 0 heterocycles. The van der Waals surface area contributed by atoms with Gasteiger partial charge in [-0.25, -0.2) is 4.79 Å². The second-order valence-electron chi connectivity index (χ2n) is 9.13. The standard InChI is InChI=1S/C23H48N2O2/c1-6-7-8-9-10-11-12-13-14-15-16-17-18-19-21(24)20(2)25-22(26)27-23(3,4)5/h20-21H,6-19,24H2,1-5H3,(H,25,26)/t20-,21-/m0/s1. The second-order valence-corrected chi connectivity index (χ2v) is 9.13. The first-order valence-electron chi connectivity index (χ1n) is 11.5. The highest BCUT2D eigenvalue weighted by Crippen LogP contribution is 2.14. The third kappa shape index (κ3) is 18.4. The van der Waals surface area contributed by atoms with Gasteiger partial charge in [-0.2, -0.15) is 0 Å². The molecule has 4 nitrogen and oxygen atoms in total. The molecule has 0 rings (SSSR count). The number of ether oxygens (including phenoxy) is 1. The average Bonchev–Trinajstić information content (AvgIpc) is 2.57. The molecule has 0 bridgehead atoms. The molecule has 0 aliphatic rings. The zero-order valence-corrected chi connectivity index (χ0v) is 18.9. The molecule has 0 aliphatic heterocycles. The van der Waals surface area contributed by atoms with Crippen molar-refractivity contribution in [2.75, 3.05) is 0 Å². The molecule has 1 amide bonds. The van der Waals surface area contributed by atoms with E-state index in [0.717, 1.165) is 12.8 Å². The van der Waals surface area contributed by atoms with Gasteiger partial charge in [-0.1, -0.05) is 90.4 Å². The summed E-state index contributed by atoms with van der Waals surface area (Å²) in [6.45, 7) is 9.83. The minimum Gasteiger partial charge on any atom is -0.444 e. The van der Waals surface area contributed by atoms with Crippen LogP contribution < -0.4 is 11.1 Å². The smallest absolute Gasteiger partial charge is 0.407 e. The maximum absolute atomic E-state index is 11.8. The van der Waals surface area contributed by atoms with Gasteiger partial charge in [0.05, 0.1) is 0 Å². The Kier molecular flexibility index (Phi) is 15.7. The van der Waals surface area contributed by atoms with E-state index in [1.54, 1.807) is 0 Å². The molecule has 27 heavy (non-hydrogen) atoms. The van der Waals surface area contributed by atoms with E-state index in [2.05, 4.69) is 12.2 Å². The highest BCUT2D eigenvalue weighted by atomic mass is 16.6. The molecule has 0 saturated carbocycles. The molecule has 0 saturated heterocycles. The van der Waals surface area contributed by atoms with Crippen molar-refractivity contribution in [3.8, 4) is 0 Å². The molecule has 2 atom stereocenters. The third-order valence-corrected chi connectivity index (χ3v) is 5.03. The molecule has 0 fully saturated rings. The van der Waals surface area contributed by atoms with E-state index >= 15 is 0 Å². The zero-order valence-electron chi connectivity index (χ0n) is 18.9. The average molecular weight is 385 g/mol. The third-order valence-electron chi connectivity index (χ3n) is 5.03. The van der Waals surface area contributed by atoms with Crippen LogP contribution in [0.3, 0.4) is 0 Å². The number of rotatable bonds is 16. The molecule has 3 N–H and O–H groups in total. The normalized spacial score (nSPS) is 14.0. The Morgan fingerprint density at radius 2 is 1.26 bits per heavy atom. The first-order valence-corrected chi connectivity index (χ1v) is 11.5. The minimum absolute atomic E-state index is 0.00905. The van der Waals surface area contributed by atoms with Crippen LogP contribution in [0.5, 0.6) is 0 Å². The predicted molar refractivity (Wildman–Crippen MR) is 117 cm³/mol. The van der Waals surface area contributed by atoms with Gasteiger partial charge >= 0.3 is 6.09 Å². The van der Waals surface area contributed by atoms with Crippen LogP contribution in [0, 0.1) is 0 Å². The van der Waals surface area contributed by atoms with E-state index in [0.29, 0.717) is 0 Å². The molecule has 0 aromatic heterocycles. The number of alkyl carbamates (subject to hydrolysis) is 1. The van der Waals surface area contributed by atoms with Gasteiger partial charge in [0.2, 0.25) is 0 Å². The van der Waals surface area contributed by atoms with Gasteiger partial charge in [0.25, 0.3) is 0 Å². The topological polar surface area (TPSA) is 64.3 Å². The fraction of sp³-hybridized carbons (Fsp3) is 0.957. The lowest BCUT2D eigenvalue weighted by molar-refractivity contribution is 0.0500. The maximum atomic E-state index is 11.8. The SMILES string of the molecule is CCCCCCCCCCCCCCC[C@H](N)[C@H](C)NC(=O)OC(C)(C)C. The molecule has 0 unspecified atom stereocenters. The van der Waals surface area contributed by atoms with Crippen LogP contribution in [0.2, 0.25) is 0 Å². The predicted octanol–water partition coefficient (Wildman–Crippen LogP) is 6.71. The molecular formula is C23H48N2O2. The Labute approximate surface area is 169 Å². The fourth-order valence-corrected chi connectivity index (χ4v) is 3.25. The lowest BCUT2D eigenvalue weighted by atomic mass is 10.0. The first kappa shape index (κ1) is 26.2. The van der Waals surface area contributed by atoms with Crippen molar-refractivity contribution >= 4 is 6.09 Å². The monoisotopic (exact) mass is 384 g/mol. The highest BCUT2D eigenvalue weighted by Gasteiger charge is 2.20. The molecule has 4 heteroatoms. The summed E-state index contributed by atoms with van der Waals surface area (Å²) in [6.07, 6.45) is 18.2. The van der Waals surface area contributed by atoms with Crippen LogP contribution in [0.15, 0.2) is 0 Å². The molecule has 0 radical (unpaired) electrons. The van der Waals surface area contributed by atoms with Gasteiger partial charge in [0, 0.05) is 12.1 Å². The van der Waals surface area contributed by atoms with Crippen LogP contribution in [0.25, 0.3) is 0 Å². The number of nitrogens with two attached hydrogens (primary N) is 1. The van der Waals surface area contributed by atoms with E-state index in [4.69, 9.17) is 10.5 Å². The van der Waals surface area contributed by atoms with Crippen molar-refractivity contribution in [1.82, 2.24) is 5.32 Å². The Balaban J connectivity index is 3.47. The summed E-state index contributed by atoms with van der Waals surface area (Å²) < 4.78 is 5.28. The van der Waals surface area contributed by atoms with E-state index in [1.807, 2.05) is 27.7 Å². The molecule has 0 aromatic rings.